The number of aliphatic imine (C=N–C) groups is 1. The van der Waals surface area contributed by atoms with Crippen molar-refractivity contribution in [3.05, 3.63) is 65.7 Å². The van der Waals surface area contributed by atoms with Crippen LogP contribution in [0.4, 0.5) is 28.4 Å². The fourth-order valence-electron chi connectivity index (χ4n) is 5.28. The first-order valence-electron chi connectivity index (χ1n) is 12.9. The Kier molecular flexibility index (Phi) is 7.45. The van der Waals surface area contributed by atoms with Crippen LogP contribution in [0.3, 0.4) is 0 Å². The second kappa shape index (κ2) is 11.0. The van der Waals surface area contributed by atoms with Gasteiger partial charge in [0.25, 0.3) is 5.91 Å². The van der Waals surface area contributed by atoms with Crippen LogP contribution in [0.25, 0.3) is 0 Å². The number of likely N-dealkylation sites (tertiary alicyclic amines) is 1. The van der Waals surface area contributed by atoms with Gasteiger partial charge in [-0.2, -0.15) is 13.2 Å². The minimum absolute atomic E-state index is 0.00616. The molecule has 2 saturated heterocycles. The third-order valence-corrected chi connectivity index (χ3v) is 7.16. The molecule has 2 fully saturated rings. The van der Waals surface area contributed by atoms with Crippen molar-refractivity contribution in [3.63, 3.8) is 0 Å². The van der Waals surface area contributed by atoms with E-state index < -0.39 is 30.8 Å². The summed E-state index contributed by atoms with van der Waals surface area (Å²) < 4.78 is 40.8. The summed E-state index contributed by atoms with van der Waals surface area (Å²) in [5.41, 5.74) is 1.34. The van der Waals surface area contributed by atoms with Gasteiger partial charge in [-0.05, 0) is 25.3 Å². The Bertz CT molecular complexity index is 1260. The summed E-state index contributed by atoms with van der Waals surface area (Å²) in [6, 6.07) is 14.4. The smallest absolute Gasteiger partial charge is 0.338 e. The topological polar surface area (TPSA) is 97.3 Å². The van der Waals surface area contributed by atoms with Crippen LogP contribution in [-0.2, 0) is 4.79 Å². The maximum atomic E-state index is 13.6. The van der Waals surface area contributed by atoms with Crippen molar-refractivity contribution in [1.82, 2.24) is 20.4 Å². The number of halogens is 3. The number of nitrogens with zero attached hydrogens (tertiary/aromatic N) is 4. The van der Waals surface area contributed by atoms with Gasteiger partial charge in [-0.15, -0.1) is 0 Å². The molecule has 5 amide bonds. The Morgan fingerprint density at radius 1 is 1.00 bits per heavy atom. The molecule has 9 nitrogen and oxygen atoms in total. The third-order valence-electron chi connectivity index (χ3n) is 7.16. The standard InChI is InChI=1S/C27H29F3N6O3/c28-27(29,30)17-36-21-10-5-4-9-20(21)22(18-7-2-1-3-8-18)32-23(24(36)37)33-26(39)34-15-11-19(12-16-34)35-14-6-13-31-25(35)38/h1-5,7-10,19,23H,6,11-17H2,(H,31,38)(H,33,39)/t23-/m0/s1. The Labute approximate surface area is 223 Å². The van der Waals surface area contributed by atoms with Gasteiger partial charge in [-0.3, -0.25) is 9.69 Å². The zero-order valence-corrected chi connectivity index (χ0v) is 21.2. The van der Waals surface area contributed by atoms with Crippen LogP contribution in [0, 0.1) is 0 Å². The van der Waals surface area contributed by atoms with Crippen LogP contribution in [0.5, 0.6) is 0 Å². The Morgan fingerprint density at radius 3 is 2.38 bits per heavy atom. The SMILES string of the molecule is O=C(N[C@@H]1N=C(c2ccccc2)c2ccccc2N(CC(F)(F)F)C1=O)N1CCC(N2CCCNC2=O)CC1. The number of hydrogen-bond donors (Lipinski definition) is 2. The van der Waals surface area contributed by atoms with Crippen molar-refractivity contribution in [1.29, 1.82) is 0 Å². The average molecular weight is 543 g/mol. The molecule has 12 heteroatoms. The number of nitrogens with one attached hydrogen (secondary N) is 2. The predicted octanol–water partition coefficient (Wildman–Crippen LogP) is 3.35. The molecule has 3 heterocycles. The minimum atomic E-state index is -4.67. The molecule has 0 radical (unpaired) electrons. The molecule has 5 rings (SSSR count). The number of carbonyl (C=O) groups is 3. The number of fused-ring (bicyclic) bond motifs is 1. The van der Waals surface area contributed by atoms with E-state index in [1.54, 1.807) is 53.4 Å². The summed E-state index contributed by atoms with van der Waals surface area (Å²) in [6.07, 6.45) is -4.26. The van der Waals surface area contributed by atoms with Crippen molar-refractivity contribution in [3.8, 4) is 0 Å². The minimum Gasteiger partial charge on any atom is -0.338 e. The maximum absolute atomic E-state index is 13.6. The summed E-state index contributed by atoms with van der Waals surface area (Å²) in [5.74, 6) is -0.973. The monoisotopic (exact) mass is 542 g/mol. The first-order chi connectivity index (χ1) is 18.7. The van der Waals surface area contributed by atoms with Crippen molar-refractivity contribution >= 4 is 29.4 Å². The van der Waals surface area contributed by atoms with Crippen LogP contribution < -0.4 is 15.5 Å². The molecule has 1 atom stereocenters. The van der Waals surface area contributed by atoms with Gasteiger partial charge in [-0.25, -0.2) is 14.6 Å². The Balaban J connectivity index is 1.40. The summed E-state index contributed by atoms with van der Waals surface area (Å²) in [6.45, 7) is 0.459. The third kappa shape index (κ3) is 5.84. The highest BCUT2D eigenvalue weighted by molar-refractivity contribution is 6.20. The van der Waals surface area contributed by atoms with Crippen molar-refractivity contribution in [2.75, 3.05) is 37.6 Å². The van der Waals surface area contributed by atoms with Crippen LogP contribution >= 0.6 is 0 Å². The zero-order valence-electron chi connectivity index (χ0n) is 21.2. The van der Waals surface area contributed by atoms with Crippen LogP contribution in [0.2, 0.25) is 0 Å². The molecule has 0 aromatic heterocycles. The number of anilines is 1. The summed E-state index contributed by atoms with van der Waals surface area (Å²) in [5, 5.41) is 5.41. The van der Waals surface area contributed by atoms with Gasteiger partial charge in [0.05, 0.1) is 11.4 Å². The van der Waals surface area contributed by atoms with E-state index in [0.717, 1.165) is 6.42 Å². The van der Waals surface area contributed by atoms with Crippen molar-refractivity contribution < 1.29 is 27.6 Å². The number of benzodiazepines with no additional fused rings is 1. The van der Waals surface area contributed by atoms with Gasteiger partial charge in [-0.1, -0.05) is 48.5 Å². The fraction of sp³-hybridized carbons (Fsp3) is 0.407. The molecule has 0 aliphatic carbocycles. The Morgan fingerprint density at radius 2 is 1.69 bits per heavy atom. The van der Waals surface area contributed by atoms with Gasteiger partial charge < -0.3 is 20.4 Å². The van der Waals surface area contributed by atoms with Crippen LogP contribution in [0.1, 0.15) is 30.4 Å². The number of piperidine rings is 1. The highest BCUT2D eigenvalue weighted by Gasteiger charge is 2.40. The van der Waals surface area contributed by atoms with E-state index in [-0.39, 0.29) is 17.8 Å². The van der Waals surface area contributed by atoms with Gasteiger partial charge >= 0.3 is 18.2 Å². The molecule has 0 saturated carbocycles. The Hall–Kier alpha value is -4.09. The van der Waals surface area contributed by atoms with E-state index in [1.165, 1.54) is 11.0 Å². The number of rotatable bonds is 4. The first kappa shape index (κ1) is 26.5. The number of carbonyl (C=O) groups excluding carboxylic acids is 3. The molecule has 2 aromatic rings. The molecule has 2 aromatic carbocycles. The highest BCUT2D eigenvalue weighted by atomic mass is 19.4. The van der Waals surface area contributed by atoms with E-state index in [4.69, 9.17) is 0 Å². The van der Waals surface area contributed by atoms with Gasteiger partial charge in [0, 0.05) is 43.3 Å². The van der Waals surface area contributed by atoms with E-state index >= 15 is 0 Å². The van der Waals surface area contributed by atoms with E-state index in [9.17, 15) is 27.6 Å². The van der Waals surface area contributed by atoms with Gasteiger partial charge in [0.1, 0.15) is 6.54 Å². The van der Waals surface area contributed by atoms with Crippen molar-refractivity contribution in [2.45, 2.75) is 37.6 Å². The largest absolute Gasteiger partial charge is 0.406 e. The maximum Gasteiger partial charge on any atom is 0.406 e. The molecule has 3 aliphatic heterocycles. The lowest BCUT2D eigenvalue weighted by atomic mass is 10.0. The quantitative estimate of drug-likeness (QED) is 0.620. The fourth-order valence-corrected chi connectivity index (χ4v) is 5.28. The second-order valence-electron chi connectivity index (χ2n) is 9.75. The number of para-hydroxylation sites is 1. The number of hydrogen-bond acceptors (Lipinski definition) is 4. The molecule has 2 N–H and O–H groups in total. The highest BCUT2D eigenvalue weighted by Crippen LogP contribution is 2.31. The molecular weight excluding hydrogens is 513 g/mol. The molecule has 0 unspecified atom stereocenters. The van der Waals surface area contributed by atoms with E-state index in [2.05, 4.69) is 15.6 Å². The van der Waals surface area contributed by atoms with Crippen LogP contribution in [0.15, 0.2) is 59.6 Å². The number of benzene rings is 2. The molecule has 0 spiro atoms. The lowest BCUT2D eigenvalue weighted by molar-refractivity contribution is -0.133. The van der Waals surface area contributed by atoms with Gasteiger partial charge in [0.15, 0.2) is 0 Å². The van der Waals surface area contributed by atoms with Crippen LogP contribution in [-0.4, -0.2) is 84.6 Å². The molecular formula is C27H29F3N6O3. The average Bonchev–Trinajstić information content (AvgIpc) is 3.04. The number of urea groups is 2. The summed E-state index contributed by atoms with van der Waals surface area (Å²) in [4.78, 5) is 47.4. The van der Waals surface area contributed by atoms with Gasteiger partial charge in [0.2, 0.25) is 6.17 Å². The predicted molar refractivity (Wildman–Crippen MR) is 139 cm³/mol. The lowest BCUT2D eigenvalue weighted by Gasteiger charge is -2.40. The lowest BCUT2D eigenvalue weighted by Crippen LogP contribution is -2.57. The molecule has 3 aliphatic rings. The summed E-state index contributed by atoms with van der Waals surface area (Å²) >= 11 is 0. The number of amides is 5. The van der Waals surface area contributed by atoms with Crippen molar-refractivity contribution in [2.24, 2.45) is 4.99 Å². The zero-order chi connectivity index (χ0) is 27.6. The first-order valence-corrected chi connectivity index (χ1v) is 12.9. The number of alkyl halides is 3. The summed E-state index contributed by atoms with van der Waals surface area (Å²) in [7, 11) is 0. The molecule has 206 valence electrons. The van der Waals surface area contributed by atoms with E-state index in [1.807, 2.05) is 0 Å². The molecule has 39 heavy (non-hydrogen) atoms. The second-order valence-corrected chi connectivity index (χ2v) is 9.75. The molecule has 0 bridgehead atoms. The normalized spacial score (nSPS) is 20.6. The van der Waals surface area contributed by atoms with E-state index in [0.29, 0.717) is 60.8 Å².